The molecule has 0 bridgehead atoms. The lowest BCUT2D eigenvalue weighted by molar-refractivity contribution is -0.116. The Bertz CT molecular complexity index is 838. The van der Waals surface area contributed by atoms with Gasteiger partial charge in [0.25, 0.3) is 0 Å². The van der Waals surface area contributed by atoms with Crippen LogP contribution in [0.15, 0.2) is 48.5 Å². The number of benzene rings is 2. The molecule has 4 heteroatoms. The van der Waals surface area contributed by atoms with E-state index in [-0.39, 0.29) is 17.1 Å². The minimum absolute atomic E-state index is 0.141. The zero-order chi connectivity index (χ0) is 19.3. The number of hydrogen-bond donors (Lipinski definition) is 1. The van der Waals surface area contributed by atoms with Crippen LogP contribution in [0, 0.1) is 19.7 Å². The molecule has 1 N–H and O–H groups in total. The minimum Gasteiger partial charge on any atom is -0.381 e. The maximum Gasteiger partial charge on any atom is 0.244 e. The Hall–Kier alpha value is -2.46. The van der Waals surface area contributed by atoms with E-state index in [1.807, 2.05) is 38.1 Å². The van der Waals surface area contributed by atoms with Crippen molar-refractivity contribution >= 4 is 12.0 Å². The molecule has 1 saturated heterocycles. The average Bonchev–Trinajstić information content (AvgIpc) is 2.66. The standard InChI is InChI=1S/C23H26FNO2/c1-17-6-7-19(18(2)14-17)8-9-22(26)25-16-23(10-12-27-13-11-23)20-4-3-5-21(24)15-20/h3-9,14-15H,10-13,16H2,1-2H3,(H,25,26)/b9-8+. The van der Waals surface area contributed by atoms with Gasteiger partial charge in [0.05, 0.1) is 0 Å². The monoisotopic (exact) mass is 367 g/mol. The first kappa shape index (κ1) is 19.3. The maximum absolute atomic E-state index is 13.7. The van der Waals surface area contributed by atoms with E-state index >= 15 is 0 Å². The summed E-state index contributed by atoms with van der Waals surface area (Å²) in [6.07, 6.45) is 4.92. The Labute approximate surface area is 160 Å². The van der Waals surface area contributed by atoms with Crippen LogP contribution in [0.2, 0.25) is 0 Å². The second kappa shape index (κ2) is 8.49. The Morgan fingerprint density at radius 2 is 1.96 bits per heavy atom. The number of nitrogens with one attached hydrogen (secondary N) is 1. The Balaban J connectivity index is 1.70. The summed E-state index contributed by atoms with van der Waals surface area (Å²) in [6.45, 7) is 5.78. The van der Waals surface area contributed by atoms with Crippen LogP contribution in [0.5, 0.6) is 0 Å². The summed E-state index contributed by atoms with van der Waals surface area (Å²) in [5.74, 6) is -0.392. The summed E-state index contributed by atoms with van der Waals surface area (Å²) in [6, 6.07) is 12.8. The molecule has 1 heterocycles. The Morgan fingerprint density at radius 3 is 2.67 bits per heavy atom. The van der Waals surface area contributed by atoms with Crippen LogP contribution in [0.4, 0.5) is 4.39 Å². The number of amides is 1. The molecule has 1 amide bonds. The average molecular weight is 367 g/mol. The van der Waals surface area contributed by atoms with E-state index < -0.39 is 0 Å². The van der Waals surface area contributed by atoms with Gasteiger partial charge in [-0.1, -0.05) is 35.9 Å². The third kappa shape index (κ3) is 4.83. The molecule has 2 aromatic carbocycles. The number of aryl methyl sites for hydroxylation is 2. The summed E-state index contributed by atoms with van der Waals surface area (Å²) >= 11 is 0. The molecule has 1 fully saturated rings. The molecule has 3 rings (SSSR count). The third-order valence-electron chi connectivity index (χ3n) is 5.33. The number of rotatable bonds is 5. The summed E-state index contributed by atoms with van der Waals surface area (Å²) in [4.78, 5) is 12.4. The molecule has 3 nitrogen and oxygen atoms in total. The Kier molecular flexibility index (Phi) is 6.07. The van der Waals surface area contributed by atoms with Gasteiger partial charge in [-0.3, -0.25) is 4.79 Å². The van der Waals surface area contributed by atoms with E-state index in [0.717, 1.165) is 29.5 Å². The van der Waals surface area contributed by atoms with Crippen molar-refractivity contribution in [2.24, 2.45) is 0 Å². The summed E-state index contributed by atoms with van der Waals surface area (Å²) in [5, 5.41) is 3.01. The van der Waals surface area contributed by atoms with Crippen molar-refractivity contribution in [3.63, 3.8) is 0 Å². The number of ether oxygens (including phenoxy) is 1. The molecular formula is C23H26FNO2. The van der Waals surface area contributed by atoms with Crippen LogP contribution in [-0.4, -0.2) is 25.7 Å². The van der Waals surface area contributed by atoms with Gasteiger partial charge in [-0.05, 0) is 61.6 Å². The van der Waals surface area contributed by atoms with E-state index in [0.29, 0.717) is 19.8 Å². The number of carbonyl (C=O) groups excluding carboxylic acids is 1. The zero-order valence-corrected chi connectivity index (χ0v) is 15.9. The second-order valence-corrected chi connectivity index (χ2v) is 7.31. The first-order valence-electron chi connectivity index (χ1n) is 9.35. The Morgan fingerprint density at radius 1 is 1.19 bits per heavy atom. The molecule has 0 aliphatic carbocycles. The maximum atomic E-state index is 13.7. The number of carbonyl (C=O) groups is 1. The van der Waals surface area contributed by atoms with Crippen molar-refractivity contribution in [1.82, 2.24) is 5.32 Å². The summed E-state index contributed by atoms with van der Waals surface area (Å²) in [5.41, 5.74) is 4.00. The summed E-state index contributed by atoms with van der Waals surface area (Å²) in [7, 11) is 0. The van der Waals surface area contributed by atoms with Crippen molar-refractivity contribution in [2.75, 3.05) is 19.8 Å². The van der Waals surface area contributed by atoms with E-state index in [2.05, 4.69) is 11.4 Å². The highest BCUT2D eigenvalue weighted by Gasteiger charge is 2.34. The molecule has 0 aromatic heterocycles. The number of halogens is 1. The molecule has 142 valence electrons. The molecule has 1 aliphatic heterocycles. The van der Waals surface area contributed by atoms with E-state index in [1.165, 1.54) is 11.6 Å². The van der Waals surface area contributed by atoms with Gasteiger partial charge in [0, 0.05) is 31.2 Å². The lowest BCUT2D eigenvalue weighted by atomic mass is 9.74. The first-order chi connectivity index (χ1) is 13.0. The minimum atomic E-state index is -0.288. The molecule has 27 heavy (non-hydrogen) atoms. The zero-order valence-electron chi connectivity index (χ0n) is 15.9. The SMILES string of the molecule is Cc1ccc(/C=C/C(=O)NCC2(c3cccc(F)c3)CCOCC2)c(C)c1. The quantitative estimate of drug-likeness (QED) is 0.799. The van der Waals surface area contributed by atoms with Gasteiger partial charge in [-0.25, -0.2) is 4.39 Å². The van der Waals surface area contributed by atoms with Crippen LogP contribution in [0.1, 0.15) is 35.1 Å². The van der Waals surface area contributed by atoms with Crippen molar-refractivity contribution < 1.29 is 13.9 Å². The lowest BCUT2D eigenvalue weighted by Crippen LogP contribution is -2.44. The van der Waals surface area contributed by atoms with Crippen molar-refractivity contribution in [3.8, 4) is 0 Å². The predicted molar refractivity (Wildman–Crippen MR) is 106 cm³/mol. The molecule has 0 saturated carbocycles. The highest BCUT2D eigenvalue weighted by molar-refractivity contribution is 5.92. The largest absolute Gasteiger partial charge is 0.381 e. The van der Waals surface area contributed by atoms with Crippen molar-refractivity contribution in [1.29, 1.82) is 0 Å². The van der Waals surface area contributed by atoms with Crippen LogP contribution in [-0.2, 0) is 14.9 Å². The van der Waals surface area contributed by atoms with E-state index in [9.17, 15) is 9.18 Å². The molecule has 0 unspecified atom stereocenters. The van der Waals surface area contributed by atoms with E-state index in [1.54, 1.807) is 18.2 Å². The van der Waals surface area contributed by atoms with Gasteiger partial charge in [0.15, 0.2) is 0 Å². The molecule has 0 radical (unpaired) electrons. The van der Waals surface area contributed by atoms with Crippen molar-refractivity contribution in [3.05, 3.63) is 76.6 Å². The highest BCUT2D eigenvalue weighted by atomic mass is 19.1. The third-order valence-corrected chi connectivity index (χ3v) is 5.33. The predicted octanol–water partition coefficient (Wildman–Crippen LogP) is 4.32. The molecule has 0 spiro atoms. The molecular weight excluding hydrogens is 341 g/mol. The van der Waals surface area contributed by atoms with Gasteiger partial charge in [-0.15, -0.1) is 0 Å². The number of hydrogen-bond acceptors (Lipinski definition) is 2. The highest BCUT2D eigenvalue weighted by Crippen LogP contribution is 2.34. The topological polar surface area (TPSA) is 38.3 Å². The molecule has 1 aliphatic rings. The second-order valence-electron chi connectivity index (χ2n) is 7.31. The normalized spacial score (nSPS) is 16.4. The van der Waals surface area contributed by atoms with Gasteiger partial charge in [-0.2, -0.15) is 0 Å². The van der Waals surface area contributed by atoms with Gasteiger partial charge in [0.1, 0.15) is 5.82 Å². The fraction of sp³-hybridized carbons (Fsp3) is 0.348. The van der Waals surface area contributed by atoms with Crippen LogP contribution < -0.4 is 5.32 Å². The van der Waals surface area contributed by atoms with Crippen LogP contribution in [0.25, 0.3) is 6.08 Å². The van der Waals surface area contributed by atoms with Gasteiger partial charge >= 0.3 is 0 Å². The van der Waals surface area contributed by atoms with Gasteiger partial charge < -0.3 is 10.1 Å². The fourth-order valence-corrected chi connectivity index (χ4v) is 3.64. The lowest BCUT2D eigenvalue weighted by Gasteiger charge is -2.37. The fourth-order valence-electron chi connectivity index (χ4n) is 3.64. The van der Waals surface area contributed by atoms with Crippen LogP contribution in [0.3, 0.4) is 0 Å². The molecule has 2 aromatic rings. The summed E-state index contributed by atoms with van der Waals surface area (Å²) < 4.78 is 19.2. The van der Waals surface area contributed by atoms with Crippen LogP contribution >= 0.6 is 0 Å². The van der Waals surface area contributed by atoms with E-state index in [4.69, 9.17) is 4.74 Å². The smallest absolute Gasteiger partial charge is 0.244 e. The van der Waals surface area contributed by atoms with Gasteiger partial charge in [0.2, 0.25) is 5.91 Å². The van der Waals surface area contributed by atoms with Crippen molar-refractivity contribution in [2.45, 2.75) is 32.1 Å². The first-order valence-corrected chi connectivity index (χ1v) is 9.35. The molecule has 0 atom stereocenters.